The number of hydrogen-bond acceptors (Lipinski definition) is 2. The fourth-order valence-corrected chi connectivity index (χ4v) is 3.27. The van der Waals surface area contributed by atoms with E-state index in [9.17, 15) is 0 Å². The highest BCUT2D eigenvalue weighted by Gasteiger charge is 2.34. The fraction of sp³-hybridized carbons (Fsp3) is 0.455. The Balaban J connectivity index is 1.90. The topological polar surface area (TPSA) is 3.24 Å². The van der Waals surface area contributed by atoms with Crippen LogP contribution in [0.4, 0.5) is 0 Å². The molecule has 0 aromatic heterocycles. The van der Waals surface area contributed by atoms with E-state index in [4.69, 9.17) is 0 Å². The monoisotopic (exact) mass is 271 g/mol. The number of benzene rings is 1. The van der Waals surface area contributed by atoms with Crippen LogP contribution in [0.2, 0.25) is 0 Å². The predicted octanol–water partition coefficient (Wildman–Crippen LogP) is 3.80. The Morgan fingerprint density at radius 3 is 2.29 bits per heavy atom. The quantitative estimate of drug-likeness (QED) is 0.753. The van der Waals surface area contributed by atoms with E-state index in [1.807, 2.05) is 11.9 Å². The molecule has 2 rings (SSSR count). The zero-order valence-corrected chi connectivity index (χ0v) is 10.9. The lowest BCUT2D eigenvalue weighted by molar-refractivity contribution is 0.124. The molecule has 3 heteroatoms. The normalized spacial score (nSPS) is 20.5. The van der Waals surface area contributed by atoms with Crippen molar-refractivity contribution in [3.05, 3.63) is 28.7 Å². The summed E-state index contributed by atoms with van der Waals surface area (Å²) in [4.78, 5) is 1.32. The molecular formula is C11H14BrNS. The molecule has 1 aromatic carbocycles. The van der Waals surface area contributed by atoms with Crippen molar-refractivity contribution >= 4 is 27.9 Å². The molecular weight excluding hydrogens is 258 g/mol. The molecule has 0 atom stereocenters. The van der Waals surface area contributed by atoms with Gasteiger partial charge in [-0.05, 0) is 41.6 Å². The fourth-order valence-electron chi connectivity index (χ4n) is 1.62. The third-order valence-electron chi connectivity index (χ3n) is 2.26. The van der Waals surface area contributed by atoms with Gasteiger partial charge in [-0.2, -0.15) is 0 Å². The van der Waals surface area contributed by atoms with Crippen LogP contribution in [-0.4, -0.2) is 17.4 Å². The molecule has 0 spiro atoms. The van der Waals surface area contributed by atoms with Gasteiger partial charge in [-0.25, -0.2) is 4.31 Å². The molecule has 14 heavy (non-hydrogen) atoms. The number of hydrogen-bond donors (Lipinski definition) is 0. The predicted molar refractivity (Wildman–Crippen MR) is 65.4 cm³/mol. The van der Waals surface area contributed by atoms with Gasteiger partial charge in [-0.1, -0.05) is 29.8 Å². The molecule has 0 amide bonds. The van der Waals surface area contributed by atoms with Gasteiger partial charge in [0.25, 0.3) is 0 Å². The van der Waals surface area contributed by atoms with Crippen molar-refractivity contribution in [3.8, 4) is 0 Å². The minimum atomic E-state index is 0.516. The third-order valence-corrected chi connectivity index (χ3v) is 3.78. The first-order chi connectivity index (χ1) is 6.55. The SMILES string of the molecule is CC1(C)CN(Sc2ccc(Br)cc2)C1. The summed E-state index contributed by atoms with van der Waals surface area (Å²) in [6.07, 6.45) is 0. The van der Waals surface area contributed by atoms with Gasteiger partial charge in [0.15, 0.2) is 0 Å². The molecule has 0 radical (unpaired) electrons. The van der Waals surface area contributed by atoms with Crippen LogP contribution < -0.4 is 0 Å². The molecule has 0 N–H and O–H groups in total. The van der Waals surface area contributed by atoms with E-state index in [0.29, 0.717) is 5.41 Å². The minimum Gasteiger partial charge on any atom is -0.245 e. The van der Waals surface area contributed by atoms with Crippen molar-refractivity contribution in [1.82, 2.24) is 4.31 Å². The Morgan fingerprint density at radius 1 is 1.21 bits per heavy atom. The summed E-state index contributed by atoms with van der Waals surface area (Å²) < 4.78 is 3.55. The molecule has 1 saturated heterocycles. The smallest absolute Gasteiger partial charge is 0.0231 e. The molecule has 0 aliphatic carbocycles. The van der Waals surface area contributed by atoms with Crippen molar-refractivity contribution in [2.24, 2.45) is 5.41 Å². The van der Waals surface area contributed by atoms with E-state index < -0.39 is 0 Å². The van der Waals surface area contributed by atoms with Crippen molar-refractivity contribution in [2.45, 2.75) is 18.7 Å². The molecule has 0 saturated carbocycles. The van der Waals surface area contributed by atoms with Gasteiger partial charge in [-0.3, -0.25) is 0 Å². The van der Waals surface area contributed by atoms with Crippen LogP contribution in [0.1, 0.15) is 13.8 Å². The summed E-state index contributed by atoms with van der Waals surface area (Å²) in [6.45, 7) is 7.00. The summed E-state index contributed by atoms with van der Waals surface area (Å²) >= 11 is 5.29. The van der Waals surface area contributed by atoms with E-state index in [-0.39, 0.29) is 0 Å². The number of halogens is 1. The summed E-state index contributed by atoms with van der Waals surface area (Å²) in [5.74, 6) is 0. The van der Waals surface area contributed by atoms with Gasteiger partial charge in [0.05, 0.1) is 0 Å². The van der Waals surface area contributed by atoms with Crippen molar-refractivity contribution < 1.29 is 0 Å². The van der Waals surface area contributed by atoms with Gasteiger partial charge < -0.3 is 0 Å². The molecule has 0 bridgehead atoms. The van der Waals surface area contributed by atoms with Crippen molar-refractivity contribution in [3.63, 3.8) is 0 Å². The Morgan fingerprint density at radius 2 is 1.79 bits per heavy atom. The van der Waals surface area contributed by atoms with Gasteiger partial charge in [-0.15, -0.1) is 0 Å². The Kier molecular flexibility index (Phi) is 2.91. The van der Waals surface area contributed by atoms with Crippen LogP contribution in [0, 0.1) is 5.41 Å². The molecule has 0 unspecified atom stereocenters. The number of rotatable bonds is 2. The average molecular weight is 272 g/mol. The van der Waals surface area contributed by atoms with Gasteiger partial charge in [0, 0.05) is 22.5 Å². The lowest BCUT2D eigenvalue weighted by Crippen LogP contribution is -2.48. The van der Waals surface area contributed by atoms with Crippen LogP contribution in [0.3, 0.4) is 0 Å². The van der Waals surface area contributed by atoms with E-state index in [1.165, 1.54) is 18.0 Å². The summed E-state index contributed by atoms with van der Waals surface area (Å²) in [6, 6.07) is 8.49. The first kappa shape index (κ1) is 10.5. The minimum absolute atomic E-state index is 0.516. The largest absolute Gasteiger partial charge is 0.245 e. The average Bonchev–Trinajstić information content (AvgIpc) is 2.06. The Hall–Kier alpha value is 0.01000. The lowest BCUT2D eigenvalue weighted by Gasteiger charge is -2.44. The van der Waals surface area contributed by atoms with Crippen molar-refractivity contribution in [2.75, 3.05) is 13.1 Å². The van der Waals surface area contributed by atoms with Gasteiger partial charge >= 0.3 is 0 Å². The third kappa shape index (κ3) is 2.53. The Labute approximate surface area is 98.1 Å². The maximum atomic E-state index is 3.44. The second-order valence-electron chi connectivity index (χ2n) is 4.51. The van der Waals surface area contributed by atoms with Crippen LogP contribution in [0.25, 0.3) is 0 Å². The Bertz CT molecular complexity index is 313. The molecule has 1 fully saturated rings. The van der Waals surface area contributed by atoms with Gasteiger partial charge in [0.2, 0.25) is 0 Å². The van der Waals surface area contributed by atoms with Crippen LogP contribution in [-0.2, 0) is 0 Å². The molecule has 1 nitrogen and oxygen atoms in total. The molecule has 1 aliphatic rings. The highest BCUT2D eigenvalue weighted by molar-refractivity contribution is 9.10. The maximum absolute atomic E-state index is 3.44. The van der Waals surface area contributed by atoms with Crippen LogP contribution in [0.5, 0.6) is 0 Å². The molecule has 1 heterocycles. The number of nitrogens with zero attached hydrogens (tertiary/aromatic N) is 1. The highest BCUT2D eigenvalue weighted by Crippen LogP contribution is 2.37. The van der Waals surface area contributed by atoms with E-state index in [1.54, 1.807) is 0 Å². The van der Waals surface area contributed by atoms with E-state index in [0.717, 1.165) is 4.47 Å². The first-order valence-electron chi connectivity index (χ1n) is 4.74. The second kappa shape index (κ2) is 3.87. The second-order valence-corrected chi connectivity index (χ2v) is 6.59. The summed E-state index contributed by atoms with van der Waals surface area (Å²) in [5, 5.41) is 0. The van der Waals surface area contributed by atoms with Crippen LogP contribution >= 0.6 is 27.9 Å². The standard InChI is InChI=1S/C11H14BrNS/c1-11(2)7-13(8-11)14-10-5-3-9(12)4-6-10/h3-6H,7-8H2,1-2H3. The van der Waals surface area contributed by atoms with E-state index >= 15 is 0 Å². The van der Waals surface area contributed by atoms with E-state index in [2.05, 4.69) is 58.3 Å². The van der Waals surface area contributed by atoms with Crippen molar-refractivity contribution in [1.29, 1.82) is 0 Å². The lowest BCUT2D eigenvalue weighted by atomic mass is 9.87. The molecule has 1 aliphatic heterocycles. The zero-order chi connectivity index (χ0) is 10.2. The highest BCUT2D eigenvalue weighted by atomic mass is 79.9. The summed E-state index contributed by atoms with van der Waals surface area (Å²) in [5.41, 5.74) is 0.516. The van der Waals surface area contributed by atoms with Crippen LogP contribution in [0.15, 0.2) is 33.6 Å². The zero-order valence-electron chi connectivity index (χ0n) is 8.46. The first-order valence-corrected chi connectivity index (χ1v) is 6.30. The maximum Gasteiger partial charge on any atom is 0.0231 e. The van der Waals surface area contributed by atoms with Gasteiger partial charge in [0.1, 0.15) is 0 Å². The summed E-state index contributed by atoms with van der Waals surface area (Å²) in [7, 11) is 0. The molecule has 76 valence electrons. The molecule has 1 aromatic rings.